The molecule has 2 rings (SSSR count). The minimum absolute atomic E-state index is 0.206. The standard InChI is InChI=1S/C20H22FNO3/c1-14-5-7-15(8-6-14)3-2-4-19(23)22-18(13-20(24)25)16-9-11-17(21)12-10-16/h5-12,18H,2-4,13H2,1H3,(H,22,23)(H,24,25). The second-order valence-corrected chi connectivity index (χ2v) is 6.11. The third-order valence-corrected chi connectivity index (χ3v) is 3.98. The van der Waals surface area contributed by atoms with Gasteiger partial charge in [-0.05, 0) is 43.0 Å². The Morgan fingerprint density at radius 2 is 1.72 bits per heavy atom. The molecule has 2 aromatic rings. The highest BCUT2D eigenvalue weighted by Gasteiger charge is 2.18. The van der Waals surface area contributed by atoms with Crippen LogP contribution in [0, 0.1) is 12.7 Å². The Balaban J connectivity index is 1.89. The van der Waals surface area contributed by atoms with Crippen LogP contribution in [-0.2, 0) is 16.0 Å². The molecule has 0 saturated carbocycles. The van der Waals surface area contributed by atoms with Gasteiger partial charge in [0.2, 0.25) is 5.91 Å². The van der Waals surface area contributed by atoms with Gasteiger partial charge < -0.3 is 10.4 Å². The summed E-state index contributed by atoms with van der Waals surface area (Å²) in [6, 6.07) is 13.0. The summed E-state index contributed by atoms with van der Waals surface area (Å²) in [5.74, 6) is -1.63. The van der Waals surface area contributed by atoms with Crippen molar-refractivity contribution in [2.24, 2.45) is 0 Å². The number of halogens is 1. The lowest BCUT2D eigenvalue weighted by molar-refractivity contribution is -0.137. The van der Waals surface area contributed by atoms with Crippen LogP contribution in [0.1, 0.15) is 42.0 Å². The lowest BCUT2D eigenvalue weighted by atomic mass is 10.0. The summed E-state index contributed by atoms with van der Waals surface area (Å²) in [5, 5.41) is 11.8. The fourth-order valence-corrected chi connectivity index (χ4v) is 2.60. The maximum absolute atomic E-state index is 13.0. The molecule has 0 saturated heterocycles. The third kappa shape index (κ3) is 6.37. The van der Waals surface area contributed by atoms with Crippen molar-refractivity contribution in [3.05, 3.63) is 71.0 Å². The number of carbonyl (C=O) groups is 2. The summed E-state index contributed by atoms with van der Waals surface area (Å²) in [6.07, 6.45) is 1.53. The molecular formula is C20H22FNO3. The van der Waals surface area contributed by atoms with Gasteiger partial charge in [0.1, 0.15) is 5.82 Å². The molecular weight excluding hydrogens is 321 g/mol. The van der Waals surface area contributed by atoms with Crippen molar-refractivity contribution >= 4 is 11.9 Å². The van der Waals surface area contributed by atoms with Gasteiger partial charge in [-0.25, -0.2) is 4.39 Å². The average Bonchev–Trinajstić information content (AvgIpc) is 2.56. The lowest BCUT2D eigenvalue weighted by Crippen LogP contribution is -2.30. The SMILES string of the molecule is Cc1ccc(CCCC(=O)NC(CC(=O)O)c2ccc(F)cc2)cc1. The molecule has 0 fully saturated rings. The zero-order valence-electron chi connectivity index (χ0n) is 14.2. The molecule has 0 aliphatic heterocycles. The van der Waals surface area contributed by atoms with Crippen LogP contribution in [0.25, 0.3) is 0 Å². The van der Waals surface area contributed by atoms with Crippen molar-refractivity contribution in [3.8, 4) is 0 Å². The molecule has 2 N–H and O–H groups in total. The lowest BCUT2D eigenvalue weighted by Gasteiger charge is -2.17. The van der Waals surface area contributed by atoms with Crippen molar-refractivity contribution in [2.75, 3.05) is 0 Å². The van der Waals surface area contributed by atoms with E-state index in [1.807, 2.05) is 31.2 Å². The Labute approximate surface area is 146 Å². The van der Waals surface area contributed by atoms with E-state index in [9.17, 15) is 14.0 Å². The fourth-order valence-electron chi connectivity index (χ4n) is 2.60. The van der Waals surface area contributed by atoms with E-state index >= 15 is 0 Å². The van der Waals surface area contributed by atoms with Gasteiger partial charge in [-0.2, -0.15) is 0 Å². The van der Waals surface area contributed by atoms with E-state index in [2.05, 4.69) is 5.32 Å². The van der Waals surface area contributed by atoms with E-state index in [4.69, 9.17) is 5.11 Å². The molecule has 0 aromatic heterocycles. The monoisotopic (exact) mass is 343 g/mol. The minimum Gasteiger partial charge on any atom is -0.481 e. The van der Waals surface area contributed by atoms with Gasteiger partial charge in [0.25, 0.3) is 0 Å². The largest absolute Gasteiger partial charge is 0.481 e. The highest BCUT2D eigenvalue weighted by Crippen LogP contribution is 2.18. The normalized spacial score (nSPS) is 11.8. The Bertz CT molecular complexity index is 711. The molecule has 0 aliphatic carbocycles. The zero-order valence-corrected chi connectivity index (χ0v) is 14.2. The third-order valence-electron chi connectivity index (χ3n) is 3.98. The predicted molar refractivity (Wildman–Crippen MR) is 93.7 cm³/mol. The van der Waals surface area contributed by atoms with Gasteiger partial charge >= 0.3 is 5.97 Å². The fraction of sp³-hybridized carbons (Fsp3) is 0.300. The number of carbonyl (C=O) groups excluding carboxylic acids is 1. The molecule has 1 amide bonds. The zero-order chi connectivity index (χ0) is 18.2. The molecule has 0 spiro atoms. The molecule has 4 nitrogen and oxygen atoms in total. The molecule has 0 bridgehead atoms. The number of carboxylic acid groups (broad SMARTS) is 1. The van der Waals surface area contributed by atoms with Crippen LogP contribution < -0.4 is 5.32 Å². The molecule has 2 aromatic carbocycles. The first kappa shape index (κ1) is 18.6. The topological polar surface area (TPSA) is 66.4 Å². The molecule has 5 heteroatoms. The maximum Gasteiger partial charge on any atom is 0.305 e. The molecule has 132 valence electrons. The highest BCUT2D eigenvalue weighted by molar-refractivity contribution is 5.77. The van der Waals surface area contributed by atoms with Gasteiger partial charge in [0, 0.05) is 6.42 Å². The number of rotatable bonds is 8. The summed E-state index contributed by atoms with van der Waals surface area (Å²) in [5.41, 5.74) is 2.94. The maximum atomic E-state index is 13.0. The van der Waals surface area contributed by atoms with E-state index in [1.54, 1.807) is 0 Å². The van der Waals surface area contributed by atoms with E-state index in [-0.39, 0.29) is 12.3 Å². The Hall–Kier alpha value is -2.69. The van der Waals surface area contributed by atoms with Crippen molar-refractivity contribution in [1.29, 1.82) is 0 Å². The Kier molecular flexibility index (Phi) is 6.69. The summed E-state index contributed by atoms with van der Waals surface area (Å²) in [4.78, 5) is 23.2. The van der Waals surface area contributed by atoms with Crippen LogP contribution in [-0.4, -0.2) is 17.0 Å². The summed E-state index contributed by atoms with van der Waals surface area (Å²) in [6.45, 7) is 2.02. The number of hydrogen-bond donors (Lipinski definition) is 2. The van der Waals surface area contributed by atoms with E-state index < -0.39 is 17.8 Å². The molecule has 1 unspecified atom stereocenters. The number of hydrogen-bond acceptors (Lipinski definition) is 2. The van der Waals surface area contributed by atoms with Gasteiger partial charge in [-0.3, -0.25) is 9.59 Å². The molecule has 25 heavy (non-hydrogen) atoms. The molecule has 0 radical (unpaired) electrons. The Morgan fingerprint density at radius 1 is 1.08 bits per heavy atom. The van der Waals surface area contributed by atoms with Crippen LogP contribution >= 0.6 is 0 Å². The number of nitrogens with one attached hydrogen (secondary N) is 1. The summed E-state index contributed by atoms with van der Waals surface area (Å²) < 4.78 is 13.0. The minimum atomic E-state index is -1.02. The van der Waals surface area contributed by atoms with Gasteiger partial charge in [0.15, 0.2) is 0 Å². The van der Waals surface area contributed by atoms with Crippen molar-refractivity contribution < 1.29 is 19.1 Å². The predicted octanol–water partition coefficient (Wildman–Crippen LogP) is 3.79. The van der Waals surface area contributed by atoms with Crippen molar-refractivity contribution in [2.45, 2.75) is 38.6 Å². The van der Waals surface area contributed by atoms with E-state index in [0.717, 1.165) is 6.42 Å². The first-order valence-corrected chi connectivity index (χ1v) is 8.26. The quantitative estimate of drug-likeness (QED) is 0.766. The highest BCUT2D eigenvalue weighted by atomic mass is 19.1. The van der Waals surface area contributed by atoms with Gasteiger partial charge in [-0.15, -0.1) is 0 Å². The van der Waals surface area contributed by atoms with Gasteiger partial charge in [0.05, 0.1) is 12.5 Å². The van der Waals surface area contributed by atoms with Crippen LogP contribution in [0.4, 0.5) is 4.39 Å². The van der Waals surface area contributed by atoms with E-state index in [1.165, 1.54) is 35.4 Å². The summed E-state index contributed by atoms with van der Waals surface area (Å²) >= 11 is 0. The summed E-state index contributed by atoms with van der Waals surface area (Å²) in [7, 11) is 0. The number of amides is 1. The molecule has 1 atom stereocenters. The van der Waals surface area contributed by atoms with Crippen molar-refractivity contribution in [3.63, 3.8) is 0 Å². The van der Waals surface area contributed by atoms with Crippen LogP contribution in [0.3, 0.4) is 0 Å². The van der Waals surface area contributed by atoms with Crippen LogP contribution in [0.2, 0.25) is 0 Å². The first-order valence-electron chi connectivity index (χ1n) is 8.26. The van der Waals surface area contributed by atoms with Crippen LogP contribution in [0.15, 0.2) is 48.5 Å². The molecule has 0 aliphatic rings. The first-order chi connectivity index (χ1) is 11.9. The average molecular weight is 343 g/mol. The number of aryl methyl sites for hydroxylation is 2. The van der Waals surface area contributed by atoms with E-state index in [0.29, 0.717) is 18.4 Å². The molecule has 0 heterocycles. The number of carboxylic acids is 1. The number of aliphatic carboxylic acids is 1. The number of benzene rings is 2. The van der Waals surface area contributed by atoms with Crippen molar-refractivity contribution in [1.82, 2.24) is 5.32 Å². The Morgan fingerprint density at radius 3 is 2.32 bits per heavy atom. The second kappa shape index (κ2) is 8.97. The van der Waals surface area contributed by atoms with Crippen LogP contribution in [0.5, 0.6) is 0 Å². The smallest absolute Gasteiger partial charge is 0.305 e. The second-order valence-electron chi connectivity index (χ2n) is 6.11. The van der Waals surface area contributed by atoms with Gasteiger partial charge in [-0.1, -0.05) is 42.0 Å².